The average molecular weight is 261 g/mol. The molecule has 1 heterocycles. The van der Waals surface area contributed by atoms with Gasteiger partial charge < -0.3 is 15.5 Å². The van der Waals surface area contributed by atoms with Crippen LogP contribution in [0.2, 0.25) is 0 Å². The molecule has 19 heavy (non-hydrogen) atoms. The molecule has 0 spiro atoms. The fourth-order valence-corrected chi connectivity index (χ4v) is 1.54. The largest absolute Gasteiger partial charge is 0.394 e. The van der Waals surface area contributed by atoms with Crippen molar-refractivity contribution in [2.24, 2.45) is 0 Å². The number of benzene rings is 1. The van der Waals surface area contributed by atoms with Crippen LogP contribution in [0.1, 0.15) is 10.4 Å². The van der Waals surface area contributed by atoms with Crippen molar-refractivity contribution in [3.63, 3.8) is 0 Å². The second kappa shape index (κ2) is 6.12. The summed E-state index contributed by atoms with van der Waals surface area (Å²) >= 11 is 0. The molecule has 6 nitrogen and oxygen atoms in total. The zero-order valence-electron chi connectivity index (χ0n) is 10.2. The van der Waals surface area contributed by atoms with E-state index in [0.717, 1.165) is 5.69 Å². The molecule has 1 unspecified atom stereocenters. The Morgan fingerprint density at radius 2 is 2.11 bits per heavy atom. The lowest BCUT2D eigenvalue weighted by molar-refractivity contribution is 0.0802. The molecule has 100 valence electrons. The SMILES string of the molecule is O=C(NCC(O)CO)c1cnn(-c2ccccc2)c1. The maximum absolute atomic E-state index is 11.8. The molecule has 1 atom stereocenters. The van der Waals surface area contributed by atoms with Crippen LogP contribution in [0.5, 0.6) is 0 Å². The first-order chi connectivity index (χ1) is 9.20. The van der Waals surface area contributed by atoms with Crippen molar-refractivity contribution in [1.29, 1.82) is 0 Å². The molecule has 2 aromatic rings. The summed E-state index contributed by atoms with van der Waals surface area (Å²) in [5.41, 5.74) is 1.26. The molecule has 6 heteroatoms. The Bertz CT molecular complexity index is 539. The third kappa shape index (κ3) is 3.40. The first kappa shape index (κ1) is 13.3. The van der Waals surface area contributed by atoms with E-state index in [4.69, 9.17) is 10.2 Å². The second-order valence-corrected chi connectivity index (χ2v) is 4.06. The molecule has 0 aliphatic carbocycles. The lowest BCUT2D eigenvalue weighted by atomic mass is 10.3. The number of aromatic nitrogens is 2. The molecule has 2 rings (SSSR count). The predicted octanol–water partition coefficient (Wildman–Crippen LogP) is -0.0447. The van der Waals surface area contributed by atoms with Gasteiger partial charge in [0, 0.05) is 12.7 Å². The zero-order chi connectivity index (χ0) is 13.7. The number of nitrogens with zero attached hydrogens (tertiary/aromatic N) is 2. The summed E-state index contributed by atoms with van der Waals surface area (Å²) in [6.45, 7) is -0.380. The maximum atomic E-state index is 11.8. The van der Waals surface area contributed by atoms with Crippen molar-refractivity contribution in [3.8, 4) is 5.69 Å². The molecule has 0 aliphatic rings. The van der Waals surface area contributed by atoms with Crippen LogP contribution in [0.3, 0.4) is 0 Å². The van der Waals surface area contributed by atoms with Gasteiger partial charge in [-0.15, -0.1) is 0 Å². The minimum Gasteiger partial charge on any atom is -0.394 e. The second-order valence-electron chi connectivity index (χ2n) is 4.06. The molecule has 1 amide bonds. The van der Waals surface area contributed by atoms with Gasteiger partial charge in [-0.1, -0.05) is 18.2 Å². The summed E-state index contributed by atoms with van der Waals surface area (Å²) in [6, 6.07) is 9.42. The Kier molecular flexibility index (Phi) is 4.27. The van der Waals surface area contributed by atoms with Crippen LogP contribution in [-0.4, -0.2) is 45.2 Å². The van der Waals surface area contributed by atoms with Crippen molar-refractivity contribution < 1.29 is 15.0 Å². The van der Waals surface area contributed by atoms with Gasteiger partial charge in [0.1, 0.15) is 0 Å². The molecular formula is C13H15N3O3. The molecule has 1 aromatic heterocycles. The highest BCUT2D eigenvalue weighted by Gasteiger charge is 2.10. The fourth-order valence-electron chi connectivity index (χ4n) is 1.54. The Labute approximate surface area is 110 Å². The highest BCUT2D eigenvalue weighted by Crippen LogP contribution is 2.07. The van der Waals surface area contributed by atoms with Crippen LogP contribution in [0, 0.1) is 0 Å². The Hall–Kier alpha value is -2.18. The monoisotopic (exact) mass is 261 g/mol. The van der Waals surface area contributed by atoms with E-state index in [9.17, 15) is 4.79 Å². The summed E-state index contributed by atoms with van der Waals surface area (Å²) in [5, 5.41) is 24.4. The van der Waals surface area contributed by atoms with Crippen molar-refractivity contribution in [1.82, 2.24) is 15.1 Å². The number of hydrogen-bond acceptors (Lipinski definition) is 4. The van der Waals surface area contributed by atoms with Crippen LogP contribution in [0.4, 0.5) is 0 Å². The zero-order valence-corrected chi connectivity index (χ0v) is 10.2. The number of nitrogens with one attached hydrogen (secondary N) is 1. The van der Waals surface area contributed by atoms with E-state index in [1.807, 2.05) is 30.3 Å². The van der Waals surface area contributed by atoms with Crippen molar-refractivity contribution >= 4 is 5.91 Å². The minimum absolute atomic E-state index is 0.00580. The molecule has 0 saturated carbocycles. The Morgan fingerprint density at radius 1 is 1.37 bits per heavy atom. The summed E-state index contributed by atoms with van der Waals surface area (Å²) < 4.78 is 1.59. The highest BCUT2D eigenvalue weighted by atomic mass is 16.3. The maximum Gasteiger partial charge on any atom is 0.254 e. The van der Waals surface area contributed by atoms with E-state index in [1.165, 1.54) is 6.20 Å². The molecule has 1 aromatic carbocycles. The first-order valence-electron chi connectivity index (χ1n) is 5.88. The van der Waals surface area contributed by atoms with Crippen LogP contribution in [-0.2, 0) is 0 Å². The summed E-state index contributed by atoms with van der Waals surface area (Å²) in [5.74, 6) is -0.338. The number of hydrogen-bond donors (Lipinski definition) is 3. The highest BCUT2D eigenvalue weighted by molar-refractivity contribution is 5.93. The van der Waals surface area contributed by atoms with Gasteiger partial charge in [-0.3, -0.25) is 4.79 Å². The van der Waals surface area contributed by atoms with Crippen LogP contribution in [0.25, 0.3) is 5.69 Å². The van der Waals surface area contributed by atoms with Crippen LogP contribution in [0.15, 0.2) is 42.7 Å². The van der Waals surface area contributed by atoms with E-state index >= 15 is 0 Å². The number of amides is 1. The third-order valence-corrected chi connectivity index (χ3v) is 2.57. The van der Waals surface area contributed by atoms with Gasteiger partial charge >= 0.3 is 0 Å². The number of aliphatic hydroxyl groups excluding tert-OH is 2. The summed E-state index contributed by atoms with van der Waals surface area (Å²) in [6.07, 6.45) is 2.11. The lowest BCUT2D eigenvalue weighted by Crippen LogP contribution is -2.33. The Morgan fingerprint density at radius 3 is 2.79 bits per heavy atom. The van der Waals surface area contributed by atoms with E-state index in [1.54, 1.807) is 10.9 Å². The van der Waals surface area contributed by atoms with Gasteiger partial charge in [0.2, 0.25) is 0 Å². The van der Waals surface area contributed by atoms with E-state index < -0.39 is 6.10 Å². The van der Waals surface area contributed by atoms with E-state index in [-0.39, 0.29) is 19.1 Å². The first-order valence-corrected chi connectivity index (χ1v) is 5.88. The van der Waals surface area contributed by atoms with Gasteiger partial charge in [-0.2, -0.15) is 5.10 Å². The van der Waals surface area contributed by atoms with Gasteiger partial charge in [0.15, 0.2) is 0 Å². The molecule has 0 aliphatic heterocycles. The average Bonchev–Trinajstić information content (AvgIpc) is 2.95. The number of para-hydroxylation sites is 1. The van der Waals surface area contributed by atoms with Gasteiger partial charge in [0.05, 0.1) is 30.2 Å². The Balaban J connectivity index is 2.03. The number of rotatable bonds is 5. The lowest BCUT2D eigenvalue weighted by Gasteiger charge is -2.07. The molecule has 0 radical (unpaired) electrons. The summed E-state index contributed by atoms with van der Waals surface area (Å²) in [4.78, 5) is 11.8. The van der Waals surface area contributed by atoms with Gasteiger partial charge in [-0.05, 0) is 12.1 Å². The normalized spacial score (nSPS) is 12.1. The number of aliphatic hydroxyl groups is 2. The predicted molar refractivity (Wildman–Crippen MR) is 69.0 cm³/mol. The standard InChI is InChI=1S/C13H15N3O3/c17-9-12(18)7-14-13(19)10-6-15-16(8-10)11-4-2-1-3-5-11/h1-6,8,12,17-18H,7,9H2,(H,14,19). The van der Waals surface area contributed by atoms with Crippen LogP contribution < -0.4 is 5.32 Å². The topological polar surface area (TPSA) is 87.4 Å². The molecular weight excluding hydrogens is 246 g/mol. The molecule has 3 N–H and O–H groups in total. The van der Waals surface area contributed by atoms with E-state index in [0.29, 0.717) is 5.56 Å². The van der Waals surface area contributed by atoms with Crippen molar-refractivity contribution in [2.45, 2.75) is 6.10 Å². The summed E-state index contributed by atoms with van der Waals surface area (Å²) in [7, 11) is 0. The minimum atomic E-state index is -0.951. The molecule has 0 fully saturated rings. The quantitative estimate of drug-likeness (QED) is 0.704. The molecule has 0 bridgehead atoms. The van der Waals surface area contributed by atoms with Gasteiger partial charge in [0.25, 0.3) is 5.91 Å². The third-order valence-electron chi connectivity index (χ3n) is 2.57. The number of carbonyl (C=O) groups is 1. The van der Waals surface area contributed by atoms with Crippen molar-refractivity contribution in [2.75, 3.05) is 13.2 Å². The van der Waals surface area contributed by atoms with Crippen molar-refractivity contribution in [3.05, 3.63) is 48.3 Å². The van der Waals surface area contributed by atoms with Crippen LogP contribution >= 0.6 is 0 Å². The van der Waals surface area contributed by atoms with Gasteiger partial charge in [-0.25, -0.2) is 4.68 Å². The number of carbonyl (C=O) groups excluding carboxylic acids is 1. The fraction of sp³-hybridized carbons (Fsp3) is 0.231. The molecule has 0 saturated heterocycles. The smallest absolute Gasteiger partial charge is 0.254 e. The van der Waals surface area contributed by atoms with E-state index in [2.05, 4.69) is 10.4 Å².